The Kier molecular flexibility index (Phi) is 7.65. The number of nitrogens with one attached hydrogen (secondary N) is 1. The van der Waals surface area contributed by atoms with Gasteiger partial charge in [0.25, 0.3) is 11.8 Å². The fraction of sp³-hybridized carbons (Fsp3) is 0.400. The van der Waals surface area contributed by atoms with E-state index in [0.717, 1.165) is 0 Å². The number of carbonyl (C=O) groups is 4. The van der Waals surface area contributed by atoms with Crippen LogP contribution in [0.1, 0.15) is 25.5 Å². The predicted molar refractivity (Wildman–Crippen MR) is 120 cm³/mol. The van der Waals surface area contributed by atoms with Gasteiger partial charge in [-0.05, 0) is 12.5 Å². The highest BCUT2D eigenvalue weighted by molar-refractivity contribution is 8.00. The Labute approximate surface area is 203 Å². The van der Waals surface area contributed by atoms with Crippen molar-refractivity contribution >= 4 is 70.3 Å². The van der Waals surface area contributed by atoms with Crippen LogP contribution in [-0.4, -0.2) is 56.2 Å². The van der Waals surface area contributed by atoms with Crippen molar-refractivity contribution in [2.45, 2.75) is 35.2 Å². The SMILES string of the molecule is CC(=O)OC(C(=O)NC1C(=O)N2C(C(=O)OCC(Cl)(Cl)Cl)=C(C)CS[C@H]12)c1ccccc1. The number of β-lactam (4-membered cyclic amide) rings is 1. The summed E-state index contributed by atoms with van der Waals surface area (Å²) in [5.74, 6) is -2.13. The van der Waals surface area contributed by atoms with Gasteiger partial charge in [-0.2, -0.15) is 0 Å². The molecule has 1 saturated heterocycles. The summed E-state index contributed by atoms with van der Waals surface area (Å²) in [6, 6.07) is 7.54. The Balaban J connectivity index is 1.73. The molecular formula is C20H19Cl3N2O6S. The van der Waals surface area contributed by atoms with Crippen LogP contribution in [0.15, 0.2) is 41.6 Å². The van der Waals surface area contributed by atoms with Crippen molar-refractivity contribution in [2.24, 2.45) is 0 Å². The normalized spacial score (nSPS) is 21.3. The molecule has 0 radical (unpaired) electrons. The highest BCUT2D eigenvalue weighted by atomic mass is 35.6. The zero-order valence-corrected chi connectivity index (χ0v) is 20.1. The monoisotopic (exact) mass is 520 g/mol. The molecule has 2 aliphatic rings. The molecule has 172 valence electrons. The molecule has 0 aromatic heterocycles. The molecule has 0 spiro atoms. The Bertz CT molecular complexity index is 966. The molecule has 0 bridgehead atoms. The van der Waals surface area contributed by atoms with Gasteiger partial charge in [-0.15, -0.1) is 11.8 Å². The van der Waals surface area contributed by atoms with Crippen LogP contribution in [0.3, 0.4) is 0 Å². The number of nitrogens with zero attached hydrogens (tertiary/aromatic N) is 1. The molecule has 1 aromatic rings. The van der Waals surface area contributed by atoms with Crippen molar-refractivity contribution in [1.29, 1.82) is 0 Å². The molecule has 1 aromatic carbocycles. The van der Waals surface area contributed by atoms with Crippen LogP contribution in [0.4, 0.5) is 0 Å². The number of alkyl halides is 3. The third kappa shape index (κ3) is 5.51. The average molecular weight is 522 g/mol. The van der Waals surface area contributed by atoms with Crippen LogP contribution in [0.2, 0.25) is 0 Å². The molecule has 1 fully saturated rings. The van der Waals surface area contributed by atoms with Gasteiger partial charge in [0.15, 0.2) is 0 Å². The number of carbonyl (C=O) groups excluding carboxylic acids is 4. The number of halogens is 3. The fourth-order valence-electron chi connectivity index (χ4n) is 3.27. The molecule has 2 amide bonds. The average Bonchev–Trinajstić information content (AvgIpc) is 2.73. The van der Waals surface area contributed by atoms with Crippen molar-refractivity contribution in [3.05, 3.63) is 47.2 Å². The lowest BCUT2D eigenvalue weighted by Crippen LogP contribution is -2.71. The van der Waals surface area contributed by atoms with Gasteiger partial charge in [0.2, 0.25) is 9.90 Å². The molecule has 1 N–H and O–H groups in total. The van der Waals surface area contributed by atoms with E-state index in [4.69, 9.17) is 44.3 Å². The zero-order chi connectivity index (χ0) is 23.6. The van der Waals surface area contributed by atoms with Crippen LogP contribution in [-0.2, 0) is 28.7 Å². The van der Waals surface area contributed by atoms with Crippen LogP contribution < -0.4 is 5.32 Å². The van der Waals surface area contributed by atoms with E-state index < -0.39 is 51.7 Å². The Hall–Kier alpha value is -1.94. The number of fused-ring (bicyclic) bond motifs is 1. The summed E-state index contributed by atoms with van der Waals surface area (Å²) < 4.78 is 8.42. The van der Waals surface area contributed by atoms with Gasteiger partial charge in [-0.3, -0.25) is 19.3 Å². The van der Waals surface area contributed by atoms with Gasteiger partial charge in [0.1, 0.15) is 23.7 Å². The smallest absolute Gasteiger partial charge is 0.355 e. The molecule has 0 aliphatic carbocycles. The third-order valence-corrected chi connectivity index (χ3v) is 6.39. The van der Waals surface area contributed by atoms with Gasteiger partial charge in [-0.25, -0.2) is 4.79 Å². The van der Waals surface area contributed by atoms with Crippen molar-refractivity contribution in [2.75, 3.05) is 12.4 Å². The van der Waals surface area contributed by atoms with Gasteiger partial charge in [0, 0.05) is 18.2 Å². The van der Waals surface area contributed by atoms with Gasteiger partial charge in [0.05, 0.1) is 0 Å². The summed E-state index contributed by atoms with van der Waals surface area (Å²) in [6.07, 6.45) is -1.21. The zero-order valence-electron chi connectivity index (χ0n) is 17.0. The van der Waals surface area contributed by atoms with Crippen molar-refractivity contribution in [3.8, 4) is 0 Å². The maximum Gasteiger partial charge on any atom is 0.355 e. The molecule has 3 atom stereocenters. The number of amides is 2. The minimum absolute atomic E-state index is 0.0677. The molecule has 2 aliphatic heterocycles. The second kappa shape index (κ2) is 9.91. The van der Waals surface area contributed by atoms with Gasteiger partial charge >= 0.3 is 11.9 Å². The van der Waals surface area contributed by atoms with Crippen LogP contribution >= 0.6 is 46.6 Å². The number of esters is 2. The Morgan fingerprint density at radius 2 is 1.91 bits per heavy atom. The number of ether oxygens (including phenoxy) is 2. The van der Waals surface area contributed by atoms with E-state index in [1.165, 1.54) is 23.6 Å². The fourth-order valence-corrected chi connectivity index (χ4v) is 4.73. The second-order valence-corrected chi connectivity index (χ2v) is 10.7. The first-order chi connectivity index (χ1) is 15.0. The van der Waals surface area contributed by atoms with E-state index in [-0.39, 0.29) is 5.70 Å². The first kappa shape index (κ1) is 24.7. The van der Waals surface area contributed by atoms with Crippen LogP contribution in [0.25, 0.3) is 0 Å². The largest absolute Gasteiger partial charge is 0.456 e. The summed E-state index contributed by atoms with van der Waals surface area (Å²) >= 11 is 18.3. The van der Waals surface area contributed by atoms with E-state index >= 15 is 0 Å². The number of benzene rings is 1. The van der Waals surface area contributed by atoms with Crippen molar-refractivity contribution < 1.29 is 28.7 Å². The van der Waals surface area contributed by atoms with E-state index in [1.54, 1.807) is 37.3 Å². The number of hydrogen-bond acceptors (Lipinski definition) is 7. The highest BCUT2D eigenvalue weighted by Crippen LogP contribution is 2.41. The maximum atomic E-state index is 12.9. The lowest BCUT2D eigenvalue weighted by Gasteiger charge is -2.49. The minimum atomic E-state index is -1.79. The molecule has 8 nitrogen and oxygen atoms in total. The lowest BCUT2D eigenvalue weighted by molar-refractivity contribution is -0.158. The quantitative estimate of drug-likeness (QED) is 0.349. The molecule has 12 heteroatoms. The summed E-state index contributed by atoms with van der Waals surface area (Å²) in [7, 11) is 0. The molecule has 2 heterocycles. The summed E-state index contributed by atoms with van der Waals surface area (Å²) in [4.78, 5) is 51.0. The van der Waals surface area contributed by atoms with E-state index in [9.17, 15) is 19.2 Å². The van der Waals surface area contributed by atoms with E-state index in [2.05, 4.69) is 5.32 Å². The summed E-state index contributed by atoms with van der Waals surface area (Å²) in [5.41, 5.74) is 1.16. The maximum absolute atomic E-state index is 12.9. The highest BCUT2D eigenvalue weighted by Gasteiger charge is 2.54. The number of thioether (sulfide) groups is 1. The Morgan fingerprint density at radius 3 is 2.50 bits per heavy atom. The van der Waals surface area contributed by atoms with Crippen molar-refractivity contribution in [1.82, 2.24) is 10.2 Å². The molecule has 3 rings (SSSR count). The van der Waals surface area contributed by atoms with E-state index in [1.807, 2.05) is 0 Å². The van der Waals surface area contributed by atoms with E-state index in [0.29, 0.717) is 16.9 Å². The molecule has 2 unspecified atom stereocenters. The Morgan fingerprint density at radius 1 is 1.25 bits per heavy atom. The standard InChI is InChI=1S/C20H19Cl3N2O6S/c1-10-8-32-18-13(17(28)25(18)14(10)19(29)30-9-20(21,22)23)24-16(27)15(31-11(2)26)12-6-4-3-5-7-12/h3-7,13,15,18H,8-9H2,1-2H3,(H,24,27)/t13?,15?,18-/m1/s1. The first-order valence-electron chi connectivity index (χ1n) is 9.40. The second-order valence-electron chi connectivity index (χ2n) is 7.12. The minimum Gasteiger partial charge on any atom is -0.456 e. The van der Waals surface area contributed by atoms with Crippen molar-refractivity contribution in [3.63, 3.8) is 0 Å². The predicted octanol–water partition coefficient (Wildman–Crippen LogP) is 2.88. The van der Waals surface area contributed by atoms with Gasteiger partial charge < -0.3 is 14.8 Å². The number of hydrogen-bond donors (Lipinski definition) is 1. The van der Waals surface area contributed by atoms with Crippen LogP contribution in [0.5, 0.6) is 0 Å². The van der Waals surface area contributed by atoms with Gasteiger partial charge in [-0.1, -0.05) is 65.1 Å². The molecule has 32 heavy (non-hydrogen) atoms. The topological polar surface area (TPSA) is 102 Å². The van der Waals surface area contributed by atoms with Crippen LogP contribution in [0, 0.1) is 0 Å². The molecule has 0 saturated carbocycles. The summed E-state index contributed by atoms with van der Waals surface area (Å²) in [5, 5.41) is 2.11. The lowest BCUT2D eigenvalue weighted by atomic mass is 10.0. The summed E-state index contributed by atoms with van der Waals surface area (Å²) in [6.45, 7) is 2.41. The number of rotatable bonds is 6. The first-order valence-corrected chi connectivity index (χ1v) is 11.6. The third-order valence-electron chi connectivity index (χ3n) is 4.64. The molecular weight excluding hydrogens is 503 g/mol.